The van der Waals surface area contributed by atoms with Crippen molar-refractivity contribution in [2.45, 2.75) is 46.0 Å². The maximum atomic E-state index is 4.47. The highest BCUT2D eigenvalue weighted by Gasteiger charge is 2.19. The van der Waals surface area contributed by atoms with E-state index < -0.39 is 0 Å². The van der Waals surface area contributed by atoms with Crippen LogP contribution in [0.25, 0.3) is 0 Å². The van der Waals surface area contributed by atoms with Gasteiger partial charge in [-0.15, -0.1) is 0 Å². The van der Waals surface area contributed by atoms with E-state index in [1.165, 1.54) is 51.7 Å². The van der Waals surface area contributed by atoms with E-state index in [2.05, 4.69) is 34.0 Å². The van der Waals surface area contributed by atoms with Gasteiger partial charge in [0.2, 0.25) is 0 Å². The standard InChI is InChI=1S/C17H34N4/c1-15-7-11-21(12-8-15)17(18-3)19-13-16(2)14-20-9-5-4-6-10-20/h15-16H,4-14H2,1-3H3,(H,18,19). The van der Waals surface area contributed by atoms with Crippen LogP contribution in [0.3, 0.4) is 0 Å². The largest absolute Gasteiger partial charge is 0.356 e. The summed E-state index contributed by atoms with van der Waals surface area (Å²) < 4.78 is 0. The zero-order valence-electron chi connectivity index (χ0n) is 14.3. The molecular weight excluding hydrogens is 260 g/mol. The number of likely N-dealkylation sites (tertiary alicyclic amines) is 2. The first-order valence-corrected chi connectivity index (χ1v) is 8.87. The Balaban J connectivity index is 1.69. The summed E-state index contributed by atoms with van der Waals surface area (Å²) in [5.74, 6) is 2.66. The van der Waals surface area contributed by atoms with Gasteiger partial charge in [-0.25, -0.2) is 0 Å². The molecule has 4 heteroatoms. The summed E-state index contributed by atoms with van der Waals surface area (Å²) in [4.78, 5) is 9.52. The van der Waals surface area contributed by atoms with Gasteiger partial charge in [0.05, 0.1) is 0 Å². The summed E-state index contributed by atoms with van der Waals surface area (Å²) in [6, 6.07) is 0. The van der Waals surface area contributed by atoms with Crippen molar-refractivity contribution in [3.63, 3.8) is 0 Å². The molecular formula is C17H34N4. The van der Waals surface area contributed by atoms with E-state index in [1.54, 1.807) is 0 Å². The molecule has 1 atom stereocenters. The fourth-order valence-electron chi connectivity index (χ4n) is 3.47. The van der Waals surface area contributed by atoms with Crippen LogP contribution < -0.4 is 5.32 Å². The zero-order chi connectivity index (χ0) is 15.1. The van der Waals surface area contributed by atoms with Gasteiger partial charge in [0, 0.05) is 33.2 Å². The first kappa shape index (κ1) is 16.6. The number of guanidine groups is 1. The van der Waals surface area contributed by atoms with Crippen LogP contribution in [0.2, 0.25) is 0 Å². The predicted molar refractivity (Wildman–Crippen MR) is 90.8 cm³/mol. The third-order valence-corrected chi connectivity index (χ3v) is 4.92. The molecule has 0 amide bonds. The van der Waals surface area contributed by atoms with Gasteiger partial charge >= 0.3 is 0 Å². The highest BCUT2D eigenvalue weighted by Crippen LogP contribution is 2.16. The number of aliphatic imine (C=N–C) groups is 1. The Morgan fingerprint density at radius 3 is 2.43 bits per heavy atom. The molecule has 2 heterocycles. The summed E-state index contributed by atoms with van der Waals surface area (Å²) in [6.45, 7) is 11.9. The van der Waals surface area contributed by atoms with E-state index in [0.29, 0.717) is 5.92 Å². The van der Waals surface area contributed by atoms with Gasteiger partial charge in [0.25, 0.3) is 0 Å². The van der Waals surface area contributed by atoms with Crippen molar-refractivity contribution in [3.05, 3.63) is 0 Å². The first-order valence-electron chi connectivity index (χ1n) is 8.87. The quantitative estimate of drug-likeness (QED) is 0.638. The number of hydrogen-bond acceptors (Lipinski definition) is 2. The maximum absolute atomic E-state index is 4.47. The van der Waals surface area contributed by atoms with E-state index in [0.717, 1.165) is 31.5 Å². The van der Waals surface area contributed by atoms with Crippen LogP contribution in [-0.4, -0.2) is 62.1 Å². The predicted octanol–water partition coefficient (Wildman–Crippen LogP) is 2.42. The topological polar surface area (TPSA) is 30.9 Å². The number of rotatable bonds is 4. The average Bonchev–Trinajstić information content (AvgIpc) is 2.50. The number of nitrogens with one attached hydrogen (secondary N) is 1. The van der Waals surface area contributed by atoms with E-state index in [1.807, 2.05) is 7.05 Å². The summed E-state index contributed by atoms with van der Waals surface area (Å²) in [5, 5.41) is 3.59. The Labute approximate surface area is 131 Å². The van der Waals surface area contributed by atoms with Crippen LogP contribution >= 0.6 is 0 Å². The molecule has 0 aromatic heterocycles. The minimum Gasteiger partial charge on any atom is -0.356 e. The van der Waals surface area contributed by atoms with Gasteiger partial charge in [-0.1, -0.05) is 20.3 Å². The molecule has 0 radical (unpaired) electrons. The van der Waals surface area contributed by atoms with E-state index in [4.69, 9.17) is 0 Å². The molecule has 2 fully saturated rings. The van der Waals surface area contributed by atoms with E-state index >= 15 is 0 Å². The Kier molecular flexibility index (Phi) is 6.81. The molecule has 0 aromatic rings. The lowest BCUT2D eigenvalue weighted by Crippen LogP contribution is -2.47. The van der Waals surface area contributed by atoms with Crippen molar-refractivity contribution in [2.75, 3.05) is 46.3 Å². The third kappa shape index (κ3) is 5.50. The van der Waals surface area contributed by atoms with Crippen molar-refractivity contribution in [2.24, 2.45) is 16.8 Å². The third-order valence-electron chi connectivity index (χ3n) is 4.92. The van der Waals surface area contributed by atoms with Crippen molar-refractivity contribution in [1.82, 2.24) is 15.1 Å². The van der Waals surface area contributed by atoms with Crippen molar-refractivity contribution < 1.29 is 0 Å². The van der Waals surface area contributed by atoms with E-state index in [9.17, 15) is 0 Å². The SMILES string of the molecule is CN=C(NCC(C)CN1CCCCC1)N1CCC(C)CC1. The molecule has 2 saturated heterocycles. The molecule has 0 aliphatic carbocycles. The minimum atomic E-state index is 0.684. The second-order valence-corrected chi connectivity index (χ2v) is 7.06. The molecule has 1 N–H and O–H groups in total. The Morgan fingerprint density at radius 2 is 1.81 bits per heavy atom. The summed E-state index contributed by atoms with van der Waals surface area (Å²) >= 11 is 0. The van der Waals surface area contributed by atoms with Gasteiger partial charge in [0.15, 0.2) is 5.96 Å². The van der Waals surface area contributed by atoms with E-state index in [-0.39, 0.29) is 0 Å². The molecule has 0 spiro atoms. The van der Waals surface area contributed by atoms with Crippen LogP contribution in [0.4, 0.5) is 0 Å². The molecule has 2 rings (SSSR count). The Morgan fingerprint density at radius 1 is 1.14 bits per heavy atom. The van der Waals surface area contributed by atoms with Crippen LogP contribution in [0, 0.1) is 11.8 Å². The number of hydrogen-bond donors (Lipinski definition) is 1. The monoisotopic (exact) mass is 294 g/mol. The normalized spacial score (nSPS) is 24.1. The summed E-state index contributed by atoms with van der Waals surface area (Å²) in [6.07, 6.45) is 6.78. The van der Waals surface area contributed by atoms with Gasteiger partial charge in [0.1, 0.15) is 0 Å². The summed E-state index contributed by atoms with van der Waals surface area (Å²) in [5.41, 5.74) is 0. The van der Waals surface area contributed by atoms with Gasteiger partial charge in [-0.3, -0.25) is 4.99 Å². The molecule has 21 heavy (non-hydrogen) atoms. The molecule has 1 unspecified atom stereocenters. The van der Waals surface area contributed by atoms with Gasteiger partial charge < -0.3 is 15.1 Å². The summed E-state index contributed by atoms with van der Waals surface area (Å²) in [7, 11) is 1.91. The van der Waals surface area contributed by atoms with Crippen molar-refractivity contribution in [3.8, 4) is 0 Å². The van der Waals surface area contributed by atoms with Crippen LogP contribution in [0.1, 0.15) is 46.0 Å². The van der Waals surface area contributed by atoms with Crippen LogP contribution in [0.5, 0.6) is 0 Å². The second-order valence-electron chi connectivity index (χ2n) is 7.06. The van der Waals surface area contributed by atoms with Crippen LogP contribution in [-0.2, 0) is 0 Å². The maximum Gasteiger partial charge on any atom is 0.193 e. The fourth-order valence-corrected chi connectivity index (χ4v) is 3.47. The highest BCUT2D eigenvalue weighted by atomic mass is 15.3. The molecule has 4 nitrogen and oxygen atoms in total. The Bertz CT molecular complexity index is 315. The number of nitrogens with zero attached hydrogens (tertiary/aromatic N) is 3. The lowest BCUT2D eigenvalue weighted by molar-refractivity contribution is 0.200. The first-order chi connectivity index (χ1) is 10.2. The molecule has 0 saturated carbocycles. The molecule has 0 aromatic carbocycles. The molecule has 122 valence electrons. The smallest absolute Gasteiger partial charge is 0.193 e. The van der Waals surface area contributed by atoms with Gasteiger partial charge in [-0.2, -0.15) is 0 Å². The molecule has 0 bridgehead atoms. The van der Waals surface area contributed by atoms with Crippen LogP contribution in [0.15, 0.2) is 4.99 Å². The van der Waals surface area contributed by atoms with Gasteiger partial charge in [-0.05, 0) is 50.6 Å². The lowest BCUT2D eigenvalue weighted by Gasteiger charge is -2.34. The second kappa shape index (κ2) is 8.62. The van der Waals surface area contributed by atoms with Crippen molar-refractivity contribution in [1.29, 1.82) is 0 Å². The lowest BCUT2D eigenvalue weighted by atomic mass is 9.99. The van der Waals surface area contributed by atoms with Crippen molar-refractivity contribution >= 4 is 5.96 Å². The number of piperidine rings is 2. The zero-order valence-corrected chi connectivity index (χ0v) is 14.3. The minimum absolute atomic E-state index is 0.684. The highest BCUT2D eigenvalue weighted by molar-refractivity contribution is 5.79. The fraction of sp³-hybridized carbons (Fsp3) is 0.941. The average molecular weight is 294 g/mol. The molecule has 2 aliphatic rings. The Hall–Kier alpha value is -0.770. The molecule has 2 aliphatic heterocycles.